The van der Waals surface area contributed by atoms with Crippen LogP contribution in [0.2, 0.25) is 0 Å². The number of amides is 2. The van der Waals surface area contributed by atoms with Crippen LogP contribution in [0.15, 0.2) is 18.2 Å². The topological polar surface area (TPSA) is 87.8 Å². The van der Waals surface area contributed by atoms with Crippen LogP contribution in [0.1, 0.15) is 81.8 Å². The molecule has 0 spiro atoms. The smallest absolute Gasteiger partial charge is 0.315 e. The second-order valence-corrected chi connectivity index (χ2v) is 11.2. The number of piperidine rings is 1. The molecule has 6 nitrogen and oxygen atoms in total. The maximum Gasteiger partial charge on any atom is 0.315 e. The molecule has 1 aromatic carbocycles. The van der Waals surface area contributed by atoms with Crippen LogP contribution in [-0.4, -0.2) is 55.9 Å². The van der Waals surface area contributed by atoms with Gasteiger partial charge in [0.25, 0.3) is 0 Å². The van der Waals surface area contributed by atoms with Crippen LogP contribution in [0, 0.1) is 30.5 Å². The largest absolute Gasteiger partial charge is 0.385 e. The lowest BCUT2D eigenvalue weighted by Crippen LogP contribution is -2.60. The molecule has 2 amide bonds. The van der Waals surface area contributed by atoms with Gasteiger partial charge >= 0.3 is 6.03 Å². The number of nitrogens with two attached hydrogens (primary N) is 1. The van der Waals surface area contributed by atoms with Crippen LogP contribution in [0.5, 0.6) is 0 Å². The number of aryl methyl sites for hydroxylation is 1. The minimum Gasteiger partial charge on any atom is -0.385 e. The normalized spacial score (nSPS) is 23.9. The molecule has 36 heavy (non-hydrogen) atoms. The highest BCUT2D eigenvalue weighted by Gasteiger charge is 2.50. The van der Waals surface area contributed by atoms with E-state index in [1.54, 1.807) is 24.1 Å². The number of methoxy groups -OCH3 is 1. The number of unbranched alkanes of at least 4 members (excludes halogenated alkanes) is 1. The molecule has 3 rings (SSSR count). The highest BCUT2D eigenvalue weighted by molar-refractivity contribution is 5.72. The maximum absolute atomic E-state index is 15.4. The van der Waals surface area contributed by atoms with E-state index >= 15 is 4.39 Å². The average Bonchev–Trinajstić information content (AvgIpc) is 2.88. The van der Waals surface area contributed by atoms with Crippen molar-refractivity contribution in [3.05, 3.63) is 35.1 Å². The minimum atomic E-state index is -1.40. The van der Waals surface area contributed by atoms with Crippen LogP contribution >= 0.6 is 0 Å². The molecule has 4 N–H and O–H groups in total. The lowest BCUT2D eigenvalue weighted by molar-refractivity contribution is -0.0954. The molecule has 0 aromatic heterocycles. The van der Waals surface area contributed by atoms with Gasteiger partial charge in [-0.15, -0.1) is 0 Å². The number of hydrogen-bond donors (Lipinski definition) is 3. The van der Waals surface area contributed by atoms with Gasteiger partial charge in [0.1, 0.15) is 5.82 Å². The fourth-order valence-corrected chi connectivity index (χ4v) is 6.97. The van der Waals surface area contributed by atoms with E-state index in [0.29, 0.717) is 37.5 Å². The third-order valence-electron chi connectivity index (χ3n) is 8.64. The van der Waals surface area contributed by atoms with E-state index in [9.17, 15) is 9.90 Å². The van der Waals surface area contributed by atoms with Crippen molar-refractivity contribution in [3.63, 3.8) is 0 Å². The summed E-state index contributed by atoms with van der Waals surface area (Å²) < 4.78 is 20.6. The predicted octanol–water partition coefficient (Wildman–Crippen LogP) is 5.10. The number of aliphatic hydroxyl groups is 1. The first kappa shape index (κ1) is 28.9. The van der Waals surface area contributed by atoms with Gasteiger partial charge in [-0.25, -0.2) is 9.18 Å². The van der Waals surface area contributed by atoms with E-state index in [1.807, 2.05) is 14.0 Å². The van der Waals surface area contributed by atoms with Gasteiger partial charge in [-0.1, -0.05) is 49.8 Å². The highest BCUT2D eigenvalue weighted by Crippen LogP contribution is 2.47. The molecule has 1 aromatic rings. The highest BCUT2D eigenvalue weighted by atomic mass is 19.1. The third-order valence-corrected chi connectivity index (χ3v) is 8.64. The summed E-state index contributed by atoms with van der Waals surface area (Å²) in [6.07, 6.45) is 10.6. The summed E-state index contributed by atoms with van der Waals surface area (Å²) in [4.78, 5) is 14.5. The number of carbonyl (C=O) groups is 1. The number of urea groups is 1. The molecule has 0 radical (unpaired) electrons. The summed E-state index contributed by atoms with van der Waals surface area (Å²) in [6, 6.07) is 4.30. The fourth-order valence-electron chi connectivity index (χ4n) is 6.97. The van der Waals surface area contributed by atoms with Gasteiger partial charge in [0, 0.05) is 37.8 Å². The summed E-state index contributed by atoms with van der Waals surface area (Å²) >= 11 is 0. The van der Waals surface area contributed by atoms with Gasteiger partial charge in [0.15, 0.2) is 0 Å². The number of rotatable bonds is 12. The standard InChI is InChI=1S/C29H48FN3O3/c1-21-13-14-26(30)25(18-21)29(35,15-7-8-17-36-3)24-12-9-16-33(28(31)34)27(24)23(20-32-2)19-22-10-5-4-6-11-22/h13-14,18,22-24,27,32,35H,4-12,15-17,19-20H2,1-3H3,(H2,31,34)/t23-,24?,27?,29-/m0/s1. The number of ether oxygens (including phenoxy) is 1. The van der Waals surface area contributed by atoms with E-state index in [-0.39, 0.29) is 23.7 Å². The van der Waals surface area contributed by atoms with Gasteiger partial charge < -0.3 is 25.8 Å². The van der Waals surface area contributed by atoms with Crippen LogP contribution in [0.4, 0.5) is 9.18 Å². The number of primary amides is 1. The van der Waals surface area contributed by atoms with Gasteiger partial charge in [-0.2, -0.15) is 0 Å². The quantitative estimate of drug-likeness (QED) is 0.345. The number of halogens is 1. The molecule has 1 aliphatic heterocycles. The average molecular weight is 506 g/mol. The Balaban J connectivity index is 2.04. The molecule has 0 bridgehead atoms. The molecule has 7 heteroatoms. The Hall–Kier alpha value is -1.70. The second-order valence-electron chi connectivity index (χ2n) is 11.2. The van der Waals surface area contributed by atoms with Crippen LogP contribution in [0.25, 0.3) is 0 Å². The van der Waals surface area contributed by atoms with Crippen LogP contribution < -0.4 is 11.1 Å². The predicted molar refractivity (Wildman–Crippen MR) is 142 cm³/mol. The van der Waals surface area contributed by atoms with Gasteiger partial charge in [0.2, 0.25) is 0 Å². The van der Waals surface area contributed by atoms with Crippen molar-refractivity contribution in [1.29, 1.82) is 0 Å². The molecule has 1 saturated heterocycles. The van der Waals surface area contributed by atoms with E-state index in [0.717, 1.165) is 37.8 Å². The summed E-state index contributed by atoms with van der Waals surface area (Å²) in [6.45, 7) is 3.84. The van der Waals surface area contributed by atoms with Gasteiger partial charge in [0.05, 0.1) is 5.60 Å². The number of benzene rings is 1. The van der Waals surface area contributed by atoms with E-state index in [1.165, 1.54) is 38.2 Å². The molecule has 2 fully saturated rings. The number of carbonyl (C=O) groups excluding carboxylic acids is 1. The van der Waals surface area contributed by atoms with Crippen molar-refractivity contribution in [2.45, 2.75) is 89.2 Å². The van der Waals surface area contributed by atoms with Crippen molar-refractivity contribution in [2.24, 2.45) is 23.5 Å². The monoisotopic (exact) mass is 505 g/mol. The Morgan fingerprint density at radius 2 is 2.00 bits per heavy atom. The third kappa shape index (κ3) is 6.99. The zero-order valence-electron chi connectivity index (χ0n) is 22.6. The lowest BCUT2D eigenvalue weighted by Gasteiger charge is -2.51. The zero-order valence-corrected chi connectivity index (χ0v) is 22.6. The first-order chi connectivity index (χ1) is 17.3. The van der Waals surface area contributed by atoms with Crippen molar-refractivity contribution >= 4 is 6.03 Å². The summed E-state index contributed by atoms with van der Waals surface area (Å²) in [7, 11) is 3.61. The van der Waals surface area contributed by atoms with Crippen LogP contribution in [0.3, 0.4) is 0 Å². The first-order valence-corrected chi connectivity index (χ1v) is 14.0. The molecule has 1 heterocycles. The number of nitrogens with zero attached hydrogens (tertiary/aromatic N) is 1. The second kappa shape index (κ2) is 13.7. The molecule has 4 atom stereocenters. The Labute approximate surface area is 217 Å². The minimum absolute atomic E-state index is 0.134. The Morgan fingerprint density at radius 1 is 1.25 bits per heavy atom. The summed E-state index contributed by atoms with van der Waals surface area (Å²) in [5.41, 5.74) is 5.82. The molecule has 2 aliphatic rings. The maximum atomic E-state index is 15.4. The Bertz CT molecular complexity index is 832. The molecule has 1 aliphatic carbocycles. The SMILES string of the molecule is CNC[C@H](CC1CCCCC1)C1C([C@@](O)(CCCCOC)c2cc(C)ccc2F)CCCN1C(N)=O. The lowest BCUT2D eigenvalue weighted by atomic mass is 9.65. The van der Waals surface area contributed by atoms with Gasteiger partial charge in [-0.05, 0) is 76.9 Å². The first-order valence-electron chi connectivity index (χ1n) is 14.0. The summed E-state index contributed by atoms with van der Waals surface area (Å²) in [5.74, 6) is 0.0518. The zero-order chi connectivity index (χ0) is 26.1. The van der Waals surface area contributed by atoms with E-state index < -0.39 is 11.6 Å². The van der Waals surface area contributed by atoms with Crippen molar-refractivity contribution in [1.82, 2.24) is 10.2 Å². The molecule has 204 valence electrons. The number of nitrogens with one attached hydrogen (secondary N) is 1. The van der Waals surface area contributed by atoms with Crippen molar-refractivity contribution < 1.29 is 19.0 Å². The number of hydrogen-bond acceptors (Lipinski definition) is 4. The van der Waals surface area contributed by atoms with E-state index in [2.05, 4.69) is 5.32 Å². The van der Waals surface area contributed by atoms with Crippen molar-refractivity contribution in [3.8, 4) is 0 Å². The summed E-state index contributed by atoms with van der Waals surface area (Å²) in [5, 5.41) is 15.9. The fraction of sp³-hybridized carbons (Fsp3) is 0.759. The van der Waals surface area contributed by atoms with Crippen molar-refractivity contribution in [2.75, 3.05) is 33.9 Å². The van der Waals surface area contributed by atoms with Gasteiger partial charge in [-0.3, -0.25) is 0 Å². The molecule has 2 unspecified atom stereocenters. The Morgan fingerprint density at radius 3 is 2.67 bits per heavy atom. The molecular weight excluding hydrogens is 457 g/mol. The van der Waals surface area contributed by atoms with Crippen LogP contribution in [-0.2, 0) is 10.3 Å². The molecule has 1 saturated carbocycles. The molecular formula is C29H48FN3O3. The van der Waals surface area contributed by atoms with E-state index in [4.69, 9.17) is 10.5 Å². The Kier molecular flexibility index (Phi) is 11.0. The number of likely N-dealkylation sites (tertiary alicyclic amines) is 1.